The van der Waals surface area contributed by atoms with Crippen LogP contribution in [0, 0.1) is 0 Å². The Balaban J connectivity index is 2.31. The predicted molar refractivity (Wildman–Crippen MR) is 75.0 cm³/mol. The zero-order valence-corrected chi connectivity index (χ0v) is 11.8. The Bertz CT molecular complexity index is 535. The molecule has 0 atom stereocenters. The standard InChI is InChI=1S/C13H16N3OSi/c1-10(11-8-14-15-9-11)16-12-6-4-5-7-13(12)17-18(2)3/h4-9H,1-3H3,(H,14,15). The van der Waals surface area contributed by atoms with E-state index in [0.717, 1.165) is 22.7 Å². The van der Waals surface area contributed by atoms with Gasteiger partial charge in [-0.2, -0.15) is 5.10 Å². The van der Waals surface area contributed by atoms with E-state index in [1.54, 1.807) is 6.20 Å². The van der Waals surface area contributed by atoms with E-state index in [1.165, 1.54) is 0 Å². The summed E-state index contributed by atoms with van der Waals surface area (Å²) < 4.78 is 5.83. The number of benzene rings is 1. The third kappa shape index (κ3) is 3.07. The second-order valence-electron chi connectivity index (χ2n) is 4.16. The second-order valence-corrected chi connectivity index (χ2v) is 6.18. The smallest absolute Gasteiger partial charge is 0.274 e. The Morgan fingerprint density at radius 2 is 2.11 bits per heavy atom. The third-order valence-corrected chi connectivity index (χ3v) is 3.01. The Labute approximate surface area is 108 Å². The van der Waals surface area contributed by atoms with Gasteiger partial charge in [0.15, 0.2) is 0 Å². The minimum absolute atomic E-state index is 0.785. The number of hydrogen-bond donors (Lipinski definition) is 1. The van der Waals surface area contributed by atoms with Crippen molar-refractivity contribution in [3.63, 3.8) is 0 Å². The number of nitrogens with zero attached hydrogens (tertiary/aromatic N) is 2. The van der Waals surface area contributed by atoms with Crippen LogP contribution in [0.1, 0.15) is 12.5 Å². The predicted octanol–water partition coefficient (Wildman–Crippen LogP) is 3.18. The molecular weight excluding hydrogens is 242 g/mol. The molecule has 0 aliphatic rings. The SMILES string of the molecule is CC(=Nc1ccccc1O[Si](C)C)c1cn[nH]c1. The fourth-order valence-corrected chi connectivity index (χ4v) is 2.16. The van der Waals surface area contributed by atoms with Gasteiger partial charge in [0.2, 0.25) is 0 Å². The van der Waals surface area contributed by atoms with Crippen molar-refractivity contribution in [2.45, 2.75) is 20.0 Å². The molecule has 1 heterocycles. The number of hydrogen-bond acceptors (Lipinski definition) is 3. The fourth-order valence-electron chi connectivity index (χ4n) is 1.55. The average molecular weight is 258 g/mol. The minimum Gasteiger partial charge on any atom is -0.541 e. The monoisotopic (exact) mass is 258 g/mol. The minimum atomic E-state index is -0.785. The summed E-state index contributed by atoms with van der Waals surface area (Å²) in [5, 5.41) is 6.71. The first-order valence-corrected chi connectivity index (χ1v) is 8.19. The van der Waals surface area contributed by atoms with Gasteiger partial charge in [-0.05, 0) is 32.2 Å². The van der Waals surface area contributed by atoms with Crippen LogP contribution in [0.5, 0.6) is 5.75 Å². The highest BCUT2D eigenvalue weighted by Crippen LogP contribution is 2.28. The van der Waals surface area contributed by atoms with Crippen LogP contribution in [0.25, 0.3) is 0 Å². The van der Waals surface area contributed by atoms with Crippen molar-refractivity contribution >= 4 is 20.4 Å². The highest BCUT2D eigenvalue weighted by Gasteiger charge is 2.06. The largest absolute Gasteiger partial charge is 0.541 e. The van der Waals surface area contributed by atoms with Crippen LogP contribution in [0.2, 0.25) is 13.1 Å². The summed E-state index contributed by atoms with van der Waals surface area (Å²) in [7, 11) is -0.785. The third-order valence-electron chi connectivity index (χ3n) is 2.38. The van der Waals surface area contributed by atoms with Gasteiger partial charge < -0.3 is 4.43 Å². The molecule has 0 aliphatic heterocycles. The normalized spacial score (nSPS) is 11.9. The van der Waals surface area contributed by atoms with Crippen LogP contribution < -0.4 is 4.43 Å². The lowest BCUT2D eigenvalue weighted by Crippen LogP contribution is -2.11. The number of nitrogens with one attached hydrogen (secondary N) is 1. The molecular formula is C13H16N3OSi. The van der Waals surface area contributed by atoms with Crippen molar-refractivity contribution in [3.05, 3.63) is 42.2 Å². The van der Waals surface area contributed by atoms with Crippen LogP contribution in [0.4, 0.5) is 5.69 Å². The molecule has 4 nitrogen and oxygen atoms in total. The molecule has 0 saturated heterocycles. The number of H-pyrrole nitrogens is 1. The number of aromatic nitrogens is 2. The summed E-state index contributed by atoms with van der Waals surface area (Å²) in [5.41, 5.74) is 2.77. The van der Waals surface area contributed by atoms with Crippen molar-refractivity contribution in [1.82, 2.24) is 10.2 Å². The lowest BCUT2D eigenvalue weighted by Gasteiger charge is -2.11. The molecule has 1 aromatic heterocycles. The number of rotatable bonds is 4. The first kappa shape index (κ1) is 12.6. The van der Waals surface area contributed by atoms with Crippen LogP contribution >= 0.6 is 0 Å². The van der Waals surface area contributed by atoms with Crippen LogP contribution in [0.3, 0.4) is 0 Å². The quantitative estimate of drug-likeness (QED) is 0.676. The van der Waals surface area contributed by atoms with E-state index < -0.39 is 9.04 Å². The van der Waals surface area contributed by atoms with E-state index in [4.69, 9.17) is 4.43 Å². The molecule has 0 fully saturated rings. The molecule has 1 aromatic carbocycles. The molecule has 2 rings (SSSR count). The van der Waals surface area contributed by atoms with E-state index in [2.05, 4.69) is 28.3 Å². The van der Waals surface area contributed by atoms with Gasteiger partial charge in [-0.3, -0.25) is 5.10 Å². The van der Waals surface area contributed by atoms with Crippen molar-refractivity contribution in [2.24, 2.45) is 4.99 Å². The molecule has 5 heteroatoms. The first-order chi connectivity index (χ1) is 8.66. The lowest BCUT2D eigenvalue weighted by atomic mass is 10.2. The van der Waals surface area contributed by atoms with Crippen molar-refractivity contribution < 1.29 is 4.43 Å². The van der Waals surface area contributed by atoms with Crippen LogP contribution in [0.15, 0.2) is 41.7 Å². The highest BCUT2D eigenvalue weighted by atomic mass is 28.3. The summed E-state index contributed by atoms with van der Waals surface area (Å²) in [6, 6.07) is 7.85. The zero-order chi connectivity index (χ0) is 13.0. The molecule has 0 saturated carbocycles. The molecule has 0 spiro atoms. The summed E-state index contributed by atoms with van der Waals surface area (Å²) in [4.78, 5) is 4.60. The fraction of sp³-hybridized carbons (Fsp3) is 0.231. The van der Waals surface area contributed by atoms with Gasteiger partial charge in [0.1, 0.15) is 11.4 Å². The summed E-state index contributed by atoms with van der Waals surface area (Å²) >= 11 is 0. The maximum absolute atomic E-state index is 5.83. The molecule has 2 aromatic rings. The number of aliphatic imine (C=N–C) groups is 1. The molecule has 93 valence electrons. The van der Waals surface area contributed by atoms with Crippen LogP contribution in [-0.2, 0) is 0 Å². The van der Waals surface area contributed by atoms with Gasteiger partial charge in [0.25, 0.3) is 9.04 Å². The van der Waals surface area contributed by atoms with Crippen LogP contribution in [-0.4, -0.2) is 24.9 Å². The molecule has 18 heavy (non-hydrogen) atoms. The van der Waals surface area contributed by atoms with Crippen molar-refractivity contribution in [1.29, 1.82) is 0 Å². The van der Waals surface area contributed by atoms with Gasteiger partial charge in [-0.1, -0.05) is 12.1 Å². The lowest BCUT2D eigenvalue weighted by molar-refractivity contribution is 0.582. The first-order valence-electron chi connectivity index (χ1n) is 5.78. The Morgan fingerprint density at radius 3 is 2.78 bits per heavy atom. The van der Waals surface area contributed by atoms with E-state index >= 15 is 0 Å². The molecule has 0 bridgehead atoms. The Morgan fingerprint density at radius 1 is 1.33 bits per heavy atom. The number of para-hydroxylation sites is 2. The topological polar surface area (TPSA) is 50.3 Å². The molecule has 0 amide bonds. The molecule has 0 aliphatic carbocycles. The summed E-state index contributed by atoms with van der Waals surface area (Å²) in [6.45, 7) is 6.17. The average Bonchev–Trinajstić information content (AvgIpc) is 2.84. The second kappa shape index (κ2) is 5.64. The Kier molecular flexibility index (Phi) is 3.94. The van der Waals surface area contributed by atoms with Gasteiger partial charge in [-0.15, -0.1) is 0 Å². The van der Waals surface area contributed by atoms with Crippen molar-refractivity contribution in [2.75, 3.05) is 0 Å². The van der Waals surface area contributed by atoms with Gasteiger partial charge >= 0.3 is 0 Å². The zero-order valence-electron chi connectivity index (χ0n) is 10.8. The number of aromatic amines is 1. The van der Waals surface area contributed by atoms with E-state index in [-0.39, 0.29) is 0 Å². The van der Waals surface area contributed by atoms with Gasteiger partial charge in [0, 0.05) is 17.5 Å². The maximum atomic E-state index is 5.83. The van der Waals surface area contributed by atoms with E-state index in [0.29, 0.717) is 0 Å². The molecule has 0 unspecified atom stereocenters. The van der Waals surface area contributed by atoms with E-state index in [1.807, 2.05) is 37.4 Å². The van der Waals surface area contributed by atoms with Gasteiger partial charge in [-0.25, -0.2) is 4.99 Å². The Hall–Kier alpha value is -1.88. The highest BCUT2D eigenvalue weighted by molar-refractivity contribution is 6.49. The maximum Gasteiger partial charge on any atom is 0.274 e. The van der Waals surface area contributed by atoms with E-state index in [9.17, 15) is 0 Å². The molecule has 1 N–H and O–H groups in total. The van der Waals surface area contributed by atoms with Gasteiger partial charge in [0.05, 0.1) is 6.20 Å². The summed E-state index contributed by atoms with van der Waals surface area (Å²) in [5.74, 6) is 0.847. The summed E-state index contributed by atoms with van der Waals surface area (Å²) in [6.07, 6.45) is 3.59. The van der Waals surface area contributed by atoms with Crippen molar-refractivity contribution in [3.8, 4) is 5.75 Å². The molecule has 1 radical (unpaired) electrons.